The third-order valence-electron chi connectivity index (χ3n) is 1.81. The first-order valence-corrected chi connectivity index (χ1v) is 6.15. The summed E-state index contributed by atoms with van der Waals surface area (Å²) in [6.45, 7) is 5.20. The topological polar surface area (TPSA) is 93.5 Å². The van der Waals surface area contributed by atoms with Gasteiger partial charge in [-0.1, -0.05) is 0 Å². The molecule has 1 heterocycles. The minimum atomic E-state index is -1.10. The second-order valence-electron chi connectivity index (χ2n) is 4.57. The van der Waals surface area contributed by atoms with Crippen molar-refractivity contribution < 1.29 is 19.4 Å². The van der Waals surface area contributed by atoms with Crippen molar-refractivity contribution in [3.63, 3.8) is 0 Å². The molecule has 1 rings (SSSR count). The third kappa shape index (κ3) is 3.59. The second-order valence-corrected chi connectivity index (χ2v) is 5.65. The molecule has 0 radical (unpaired) electrons. The summed E-state index contributed by atoms with van der Waals surface area (Å²) in [7, 11) is 1.49. The quantitative estimate of drug-likeness (QED) is 0.781. The molecule has 0 aliphatic rings. The van der Waals surface area contributed by atoms with Gasteiger partial charge in [-0.25, -0.2) is 9.59 Å². The number of halogens is 1. The van der Waals surface area contributed by atoms with Crippen LogP contribution in [0.5, 0.6) is 0 Å². The molecule has 7 nitrogen and oxygen atoms in total. The number of aromatic carboxylic acids is 1. The summed E-state index contributed by atoms with van der Waals surface area (Å²) in [6.07, 6.45) is -0.671. The second kappa shape index (κ2) is 5.12. The maximum Gasteiger partial charge on any atom is 0.413 e. The van der Waals surface area contributed by atoms with E-state index in [1.807, 2.05) is 22.6 Å². The van der Waals surface area contributed by atoms with Crippen LogP contribution in [0.2, 0.25) is 0 Å². The Hall–Kier alpha value is -1.32. The Morgan fingerprint density at radius 2 is 2.00 bits per heavy atom. The van der Waals surface area contributed by atoms with E-state index in [4.69, 9.17) is 9.84 Å². The van der Waals surface area contributed by atoms with Gasteiger partial charge < -0.3 is 9.84 Å². The van der Waals surface area contributed by atoms with E-state index in [9.17, 15) is 9.59 Å². The van der Waals surface area contributed by atoms with Gasteiger partial charge in [0, 0.05) is 7.05 Å². The zero-order valence-electron chi connectivity index (χ0n) is 10.4. The summed E-state index contributed by atoms with van der Waals surface area (Å²) < 4.78 is 6.60. The molecule has 2 N–H and O–H groups in total. The number of carbonyl (C=O) groups excluding carboxylic acids is 1. The number of ether oxygens (including phenoxy) is 1. The predicted octanol–water partition coefficient (Wildman–Crippen LogP) is 2.07. The van der Waals surface area contributed by atoms with Crippen LogP contribution >= 0.6 is 22.6 Å². The smallest absolute Gasteiger partial charge is 0.413 e. The zero-order chi connectivity index (χ0) is 14.1. The van der Waals surface area contributed by atoms with E-state index in [-0.39, 0.29) is 11.5 Å². The van der Waals surface area contributed by atoms with Gasteiger partial charge in [0.05, 0.1) is 3.57 Å². The highest BCUT2D eigenvalue weighted by Gasteiger charge is 2.23. The molecule has 18 heavy (non-hydrogen) atoms. The van der Waals surface area contributed by atoms with Crippen LogP contribution in [0, 0.1) is 3.57 Å². The van der Waals surface area contributed by atoms with Crippen LogP contribution in [-0.4, -0.2) is 32.6 Å². The largest absolute Gasteiger partial charge is 0.476 e. The fraction of sp³-hybridized carbons (Fsp3) is 0.500. The number of carboxylic acids is 1. The molecular formula is C10H14IN3O4. The molecule has 100 valence electrons. The van der Waals surface area contributed by atoms with Gasteiger partial charge in [0.2, 0.25) is 0 Å². The van der Waals surface area contributed by atoms with Crippen LogP contribution in [0.1, 0.15) is 31.3 Å². The van der Waals surface area contributed by atoms with Crippen LogP contribution in [0.4, 0.5) is 10.6 Å². The molecule has 0 unspecified atom stereocenters. The summed E-state index contributed by atoms with van der Waals surface area (Å²) in [4.78, 5) is 22.5. The van der Waals surface area contributed by atoms with E-state index in [0.717, 1.165) is 0 Å². The van der Waals surface area contributed by atoms with Crippen LogP contribution < -0.4 is 5.32 Å². The first-order chi connectivity index (χ1) is 8.11. The Bertz CT molecular complexity index is 490. The Balaban J connectivity index is 2.90. The summed E-state index contributed by atoms with van der Waals surface area (Å²) in [5, 5.41) is 15.3. The SMILES string of the molecule is Cn1nc(NC(=O)OC(C)(C)C)c(I)c1C(=O)O. The molecule has 1 amide bonds. The highest BCUT2D eigenvalue weighted by Crippen LogP contribution is 2.21. The molecule has 0 aromatic carbocycles. The van der Waals surface area contributed by atoms with Gasteiger partial charge in [-0.2, -0.15) is 5.10 Å². The van der Waals surface area contributed by atoms with Gasteiger partial charge >= 0.3 is 12.1 Å². The lowest BCUT2D eigenvalue weighted by atomic mass is 10.2. The van der Waals surface area contributed by atoms with Gasteiger partial charge in [-0.15, -0.1) is 0 Å². The van der Waals surface area contributed by atoms with Crippen molar-refractivity contribution in [1.29, 1.82) is 0 Å². The number of carbonyl (C=O) groups is 2. The number of aromatic nitrogens is 2. The molecule has 0 saturated heterocycles. The first-order valence-electron chi connectivity index (χ1n) is 5.07. The molecule has 0 saturated carbocycles. The number of rotatable bonds is 2. The highest BCUT2D eigenvalue weighted by atomic mass is 127. The van der Waals surface area contributed by atoms with E-state index < -0.39 is 17.7 Å². The summed E-state index contributed by atoms with van der Waals surface area (Å²) in [6, 6.07) is 0. The minimum absolute atomic E-state index is 0.0154. The number of amides is 1. The number of nitrogens with one attached hydrogen (secondary N) is 1. The summed E-state index contributed by atoms with van der Waals surface area (Å²) in [5.41, 5.74) is -0.610. The number of hydrogen-bond acceptors (Lipinski definition) is 4. The zero-order valence-corrected chi connectivity index (χ0v) is 12.6. The van der Waals surface area contributed by atoms with E-state index in [1.165, 1.54) is 11.7 Å². The monoisotopic (exact) mass is 367 g/mol. The third-order valence-corrected chi connectivity index (χ3v) is 2.83. The van der Waals surface area contributed by atoms with E-state index in [0.29, 0.717) is 3.57 Å². The van der Waals surface area contributed by atoms with Gasteiger partial charge in [0.15, 0.2) is 11.5 Å². The fourth-order valence-corrected chi connectivity index (χ4v) is 2.03. The van der Waals surface area contributed by atoms with Gasteiger partial charge in [0.1, 0.15) is 5.60 Å². The number of nitrogens with zero attached hydrogens (tertiary/aromatic N) is 2. The molecule has 0 spiro atoms. The van der Waals surface area contributed by atoms with Crippen molar-refractivity contribution >= 4 is 40.5 Å². The normalized spacial score (nSPS) is 11.2. The molecule has 0 aliphatic heterocycles. The number of anilines is 1. The maximum absolute atomic E-state index is 11.5. The average molecular weight is 367 g/mol. The van der Waals surface area contributed by atoms with Gasteiger partial charge in [-0.3, -0.25) is 10.00 Å². The molecule has 1 aromatic heterocycles. The molecule has 1 aromatic rings. The fourth-order valence-electron chi connectivity index (χ4n) is 1.21. The molecule has 8 heteroatoms. The van der Waals surface area contributed by atoms with Crippen molar-refractivity contribution in [1.82, 2.24) is 9.78 Å². The van der Waals surface area contributed by atoms with E-state index in [1.54, 1.807) is 20.8 Å². The van der Waals surface area contributed by atoms with Gasteiger partial charge in [-0.05, 0) is 43.4 Å². The van der Waals surface area contributed by atoms with Crippen molar-refractivity contribution in [3.8, 4) is 0 Å². The molecule has 0 bridgehead atoms. The van der Waals surface area contributed by atoms with Crippen LogP contribution in [0.15, 0.2) is 0 Å². The Morgan fingerprint density at radius 3 is 2.39 bits per heavy atom. The lowest BCUT2D eigenvalue weighted by Crippen LogP contribution is -2.27. The van der Waals surface area contributed by atoms with Crippen LogP contribution in [0.25, 0.3) is 0 Å². The molecule has 0 aliphatic carbocycles. The lowest BCUT2D eigenvalue weighted by Gasteiger charge is -2.19. The molecule has 0 atom stereocenters. The lowest BCUT2D eigenvalue weighted by molar-refractivity contribution is 0.0632. The average Bonchev–Trinajstić information content (AvgIpc) is 2.37. The molecular weight excluding hydrogens is 353 g/mol. The van der Waals surface area contributed by atoms with E-state index >= 15 is 0 Å². The summed E-state index contributed by atoms with van der Waals surface area (Å²) >= 11 is 1.81. The first kappa shape index (κ1) is 14.7. The molecule has 0 fully saturated rings. The minimum Gasteiger partial charge on any atom is -0.476 e. The number of hydrogen-bond donors (Lipinski definition) is 2. The van der Waals surface area contributed by atoms with Crippen molar-refractivity contribution in [2.45, 2.75) is 26.4 Å². The summed E-state index contributed by atoms with van der Waals surface area (Å²) in [5.74, 6) is -0.934. The van der Waals surface area contributed by atoms with Crippen molar-refractivity contribution in [3.05, 3.63) is 9.26 Å². The standard InChI is InChI=1S/C10H14IN3O4/c1-10(2,3)18-9(17)12-7-5(11)6(8(15)16)14(4)13-7/h1-4H3,(H,15,16)(H,12,13,17). The van der Waals surface area contributed by atoms with E-state index in [2.05, 4.69) is 10.4 Å². The maximum atomic E-state index is 11.5. The number of aryl methyl sites for hydroxylation is 1. The van der Waals surface area contributed by atoms with Crippen LogP contribution in [0.3, 0.4) is 0 Å². The van der Waals surface area contributed by atoms with Crippen molar-refractivity contribution in [2.75, 3.05) is 5.32 Å². The number of carboxylic acid groups (broad SMARTS) is 1. The Labute approximate surface area is 118 Å². The van der Waals surface area contributed by atoms with Gasteiger partial charge in [0.25, 0.3) is 0 Å². The van der Waals surface area contributed by atoms with Crippen molar-refractivity contribution in [2.24, 2.45) is 7.05 Å². The highest BCUT2D eigenvalue weighted by molar-refractivity contribution is 14.1. The predicted molar refractivity (Wildman–Crippen MR) is 72.7 cm³/mol. The Morgan fingerprint density at radius 1 is 1.44 bits per heavy atom. The van der Waals surface area contributed by atoms with Crippen LogP contribution in [-0.2, 0) is 11.8 Å². The Kier molecular flexibility index (Phi) is 4.20.